The number of aryl methyl sites for hydroxylation is 1. The maximum absolute atomic E-state index is 3.70. The molecule has 1 N–H and O–H groups in total. The van der Waals surface area contributed by atoms with Crippen LogP contribution in [0.25, 0.3) is 32.7 Å². The van der Waals surface area contributed by atoms with E-state index in [-0.39, 0.29) is 5.41 Å². The van der Waals surface area contributed by atoms with Gasteiger partial charge in [-0.05, 0) is 99.3 Å². The molecule has 2 atom stereocenters. The first kappa shape index (κ1) is 30.4. The lowest BCUT2D eigenvalue weighted by Crippen LogP contribution is -2.29. The highest BCUT2D eigenvalue weighted by Crippen LogP contribution is 2.58. The smallest absolute Gasteiger partial charge is 0.0400 e. The average Bonchev–Trinajstić information content (AvgIpc) is 3.31. The van der Waals surface area contributed by atoms with Crippen molar-refractivity contribution in [2.24, 2.45) is 5.92 Å². The van der Waals surface area contributed by atoms with Crippen molar-refractivity contribution in [2.45, 2.75) is 104 Å². The summed E-state index contributed by atoms with van der Waals surface area (Å²) in [6.45, 7) is 10.2. The van der Waals surface area contributed by atoms with Crippen LogP contribution >= 0.6 is 0 Å². The minimum absolute atomic E-state index is 0.0449. The summed E-state index contributed by atoms with van der Waals surface area (Å²) in [5.41, 5.74) is 10.0. The molecule has 1 aliphatic carbocycles. The lowest BCUT2D eigenvalue weighted by molar-refractivity contribution is 0.312. The molecular formula is C43H51N. The molecule has 0 spiro atoms. The predicted molar refractivity (Wildman–Crippen MR) is 193 cm³/mol. The van der Waals surface area contributed by atoms with Gasteiger partial charge >= 0.3 is 0 Å². The quantitative estimate of drug-likeness (QED) is 0.129. The molecular weight excluding hydrogens is 530 g/mol. The van der Waals surface area contributed by atoms with Crippen molar-refractivity contribution < 1.29 is 0 Å². The summed E-state index contributed by atoms with van der Waals surface area (Å²) in [5.74, 6) is 0.732. The Hall–Kier alpha value is -3.58. The van der Waals surface area contributed by atoms with Gasteiger partial charge in [0.1, 0.15) is 0 Å². The van der Waals surface area contributed by atoms with Crippen molar-refractivity contribution >= 4 is 27.2 Å². The van der Waals surface area contributed by atoms with Gasteiger partial charge in [0.25, 0.3) is 0 Å². The van der Waals surface area contributed by atoms with Gasteiger partial charge in [-0.3, -0.25) is 0 Å². The maximum atomic E-state index is 3.70. The van der Waals surface area contributed by atoms with Crippen LogP contribution in [0.2, 0.25) is 0 Å². The topological polar surface area (TPSA) is 12.0 Å². The van der Waals surface area contributed by atoms with E-state index in [4.69, 9.17) is 0 Å². The molecule has 0 amide bonds. The number of hydrogen-bond acceptors (Lipinski definition) is 1. The number of fused-ring (bicyclic) bond motifs is 6. The fourth-order valence-electron chi connectivity index (χ4n) is 8.01. The van der Waals surface area contributed by atoms with Crippen LogP contribution in [0.1, 0.15) is 107 Å². The molecule has 1 nitrogen and oxygen atoms in total. The van der Waals surface area contributed by atoms with Gasteiger partial charge in [-0.2, -0.15) is 0 Å². The number of benzene rings is 5. The van der Waals surface area contributed by atoms with Crippen LogP contribution in [0.4, 0.5) is 5.69 Å². The lowest BCUT2D eigenvalue weighted by Gasteiger charge is -2.37. The summed E-state index contributed by atoms with van der Waals surface area (Å²) < 4.78 is 0. The number of anilines is 1. The second kappa shape index (κ2) is 13.6. The maximum Gasteiger partial charge on any atom is 0.0400 e. The molecule has 0 saturated heterocycles. The van der Waals surface area contributed by atoms with Crippen LogP contribution in [0.3, 0.4) is 0 Å². The van der Waals surface area contributed by atoms with Gasteiger partial charge in [0.05, 0.1) is 0 Å². The zero-order valence-electron chi connectivity index (χ0n) is 27.5. The summed E-state index contributed by atoms with van der Waals surface area (Å²) in [6, 6.07) is 34.8. The second-order valence-electron chi connectivity index (χ2n) is 13.5. The lowest BCUT2D eigenvalue weighted by atomic mass is 9.66. The Balaban J connectivity index is 1.51. The second-order valence-corrected chi connectivity index (χ2v) is 13.5. The summed E-state index contributed by atoms with van der Waals surface area (Å²) in [4.78, 5) is 0. The molecule has 0 radical (unpaired) electrons. The first-order chi connectivity index (χ1) is 21.6. The Labute approximate surface area is 266 Å². The highest BCUT2D eigenvalue weighted by Gasteiger charge is 2.45. The fourth-order valence-corrected chi connectivity index (χ4v) is 8.01. The molecule has 0 aromatic heterocycles. The van der Waals surface area contributed by atoms with Crippen LogP contribution < -0.4 is 5.32 Å². The first-order valence-corrected chi connectivity index (χ1v) is 17.5. The molecule has 1 heteroatoms. The standard InChI is InChI=1S/C43H51N/c1-5-8-10-14-24-43(29-32(7-3)15-9-6-2)41-28-36-26-37(44-30-33-16-12-11-13-17-33)21-19-34(36)27-40(41)39-23-20-35-25-31(4)18-22-38(35)42(39)43/h11-13,16-23,25-28,32,44H,5-10,14-15,24,29-30H2,1-4H3. The molecule has 5 aromatic rings. The van der Waals surface area contributed by atoms with Crippen molar-refractivity contribution in [2.75, 3.05) is 5.32 Å². The van der Waals surface area contributed by atoms with Gasteiger partial charge in [0.2, 0.25) is 0 Å². The Morgan fingerprint density at radius 2 is 1.50 bits per heavy atom. The Kier molecular flexibility index (Phi) is 9.41. The third-order valence-corrected chi connectivity index (χ3v) is 10.4. The predicted octanol–water partition coefficient (Wildman–Crippen LogP) is 12.8. The monoisotopic (exact) mass is 581 g/mol. The van der Waals surface area contributed by atoms with Gasteiger partial charge < -0.3 is 5.32 Å². The van der Waals surface area contributed by atoms with Crippen LogP contribution in [-0.4, -0.2) is 0 Å². The molecule has 1 aliphatic rings. The molecule has 6 rings (SSSR count). The zero-order valence-corrected chi connectivity index (χ0v) is 27.5. The highest BCUT2D eigenvalue weighted by atomic mass is 14.9. The minimum atomic E-state index is 0.0449. The summed E-state index contributed by atoms with van der Waals surface area (Å²) in [7, 11) is 0. The zero-order chi connectivity index (χ0) is 30.5. The highest BCUT2D eigenvalue weighted by molar-refractivity contribution is 6.01. The van der Waals surface area contributed by atoms with E-state index in [1.54, 1.807) is 11.1 Å². The van der Waals surface area contributed by atoms with Crippen molar-refractivity contribution in [1.29, 1.82) is 0 Å². The van der Waals surface area contributed by atoms with Gasteiger partial charge in [0.15, 0.2) is 0 Å². The van der Waals surface area contributed by atoms with E-state index in [0.29, 0.717) is 0 Å². The number of hydrogen-bond donors (Lipinski definition) is 1. The van der Waals surface area contributed by atoms with Crippen molar-refractivity contribution in [3.63, 3.8) is 0 Å². The molecule has 0 aliphatic heterocycles. The SMILES string of the molecule is CCCCCCC1(CC(CC)CCCC)c2cc3cc(NCc4ccccc4)ccc3cc2-c2ccc3cc(C)ccc3c21. The summed E-state index contributed by atoms with van der Waals surface area (Å²) in [6.07, 6.45) is 12.9. The molecule has 0 bridgehead atoms. The van der Waals surface area contributed by atoms with Crippen LogP contribution in [0.15, 0.2) is 91.0 Å². The van der Waals surface area contributed by atoms with Crippen LogP contribution in [0.5, 0.6) is 0 Å². The molecule has 0 saturated carbocycles. The minimum Gasteiger partial charge on any atom is -0.381 e. The molecule has 0 heterocycles. The largest absolute Gasteiger partial charge is 0.381 e. The average molecular weight is 582 g/mol. The van der Waals surface area contributed by atoms with Crippen LogP contribution in [0, 0.1) is 12.8 Å². The number of unbranched alkanes of at least 4 members (excludes halogenated alkanes) is 4. The Bertz CT molecular complexity index is 1710. The summed E-state index contributed by atoms with van der Waals surface area (Å²) >= 11 is 0. The van der Waals surface area contributed by atoms with Gasteiger partial charge in [-0.25, -0.2) is 0 Å². The van der Waals surface area contributed by atoms with E-state index in [1.165, 1.54) is 114 Å². The third-order valence-electron chi connectivity index (χ3n) is 10.4. The van der Waals surface area contributed by atoms with Crippen molar-refractivity contribution in [3.8, 4) is 11.1 Å². The van der Waals surface area contributed by atoms with E-state index >= 15 is 0 Å². The van der Waals surface area contributed by atoms with E-state index in [0.717, 1.165) is 12.5 Å². The van der Waals surface area contributed by atoms with Crippen molar-refractivity contribution in [3.05, 3.63) is 113 Å². The molecule has 228 valence electrons. The molecule has 0 fully saturated rings. The van der Waals surface area contributed by atoms with E-state index in [1.807, 2.05) is 0 Å². The third kappa shape index (κ3) is 6.03. The Morgan fingerprint density at radius 1 is 0.682 bits per heavy atom. The van der Waals surface area contributed by atoms with Crippen molar-refractivity contribution in [1.82, 2.24) is 0 Å². The summed E-state index contributed by atoms with van der Waals surface area (Å²) in [5, 5.41) is 9.26. The van der Waals surface area contributed by atoms with E-state index < -0.39 is 0 Å². The first-order valence-electron chi connectivity index (χ1n) is 17.5. The van der Waals surface area contributed by atoms with Gasteiger partial charge in [0, 0.05) is 17.6 Å². The van der Waals surface area contributed by atoms with Crippen LogP contribution in [-0.2, 0) is 12.0 Å². The number of nitrogens with one attached hydrogen (secondary N) is 1. The molecule has 5 aromatic carbocycles. The van der Waals surface area contributed by atoms with Gasteiger partial charge in [-0.1, -0.05) is 144 Å². The van der Waals surface area contributed by atoms with Gasteiger partial charge in [-0.15, -0.1) is 0 Å². The Morgan fingerprint density at radius 3 is 2.30 bits per heavy atom. The molecule has 2 unspecified atom stereocenters. The normalized spacial score (nSPS) is 16.3. The van der Waals surface area contributed by atoms with E-state index in [9.17, 15) is 0 Å². The number of rotatable bonds is 14. The molecule has 44 heavy (non-hydrogen) atoms. The van der Waals surface area contributed by atoms with E-state index in [2.05, 4.69) is 124 Å². The fraction of sp³-hybridized carbons (Fsp3) is 0.395.